The highest BCUT2D eigenvalue weighted by atomic mass is 16.7. The van der Waals surface area contributed by atoms with E-state index < -0.39 is 18.0 Å². The first-order valence-corrected chi connectivity index (χ1v) is 6.06. The summed E-state index contributed by atoms with van der Waals surface area (Å²) in [4.78, 5) is 27.3. The third kappa shape index (κ3) is 4.97. The maximum atomic E-state index is 11.6. The van der Waals surface area contributed by atoms with Crippen molar-refractivity contribution in [2.75, 3.05) is 11.6 Å². The lowest BCUT2D eigenvalue weighted by molar-refractivity contribution is -0.145. The molecular formula is C13H18N2O4. The van der Waals surface area contributed by atoms with Crippen molar-refractivity contribution in [3.8, 4) is 0 Å². The number of nitrogens with two attached hydrogens (primary N) is 1. The predicted octanol–water partition coefficient (Wildman–Crippen LogP) is 1.16. The molecule has 0 aliphatic rings. The number of hydroxylamine groups is 1. The summed E-state index contributed by atoms with van der Waals surface area (Å²) in [5, 5.41) is 10.1. The minimum absolute atomic E-state index is 0.0310. The van der Waals surface area contributed by atoms with Crippen LogP contribution in [0.5, 0.6) is 0 Å². The lowest BCUT2D eigenvalue weighted by Crippen LogP contribution is -2.32. The average Bonchev–Trinajstić information content (AvgIpc) is 2.42. The summed E-state index contributed by atoms with van der Waals surface area (Å²) < 4.78 is 0. The van der Waals surface area contributed by atoms with E-state index >= 15 is 0 Å². The van der Waals surface area contributed by atoms with E-state index in [0.29, 0.717) is 6.54 Å². The van der Waals surface area contributed by atoms with Gasteiger partial charge >= 0.3 is 11.9 Å². The van der Waals surface area contributed by atoms with Crippen LogP contribution in [0.25, 0.3) is 0 Å². The molecule has 1 atom stereocenters. The van der Waals surface area contributed by atoms with Crippen molar-refractivity contribution in [1.82, 2.24) is 0 Å². The Bertz CT molecular complexity index is 422. The van der Waals surface area contributed by atoms with Crippen LogP contribution >= 0.6 is 0 Å². The first kappa shape index (κ1) is 15.0. The molecule has 0 aliphatic carbocycles. The van der Waals surface area contributed by atoms with E-state index in [4.69, 9.17) is 15.7 Å². The van der Waals surface area contributed by atoms with Gasteiger partial charge < -0.3 is 15.7 Å². The Morgan fingerprint density at radius 2 is 2.00 bits per heavy atom. The van der Waals surface area contributed by atoms with E-state index in [1.165, 1.54) is 5.06 Å². The molecule has 6 heteroatoms. The van der Waals surface area contributed by atoms with Gasteiger partial charge in [0.2, 0.25) is 0 Å². The molecule has 0 unspecified atom stereocenters. The van der Waals surface area contributed by atoms with Gasteiger partial charge in [-0.1, -0.05) is 18.2 Å². The summed E-state index contributed by atoms with van der Waals surface area (Å²) in [6.07, 6.45) is 0.0251. The maximum absolute atomic E-state index is 11.6. The van der Waals surface area contributed by atoms with Crippen LogP contribution in [0.15, 0.2) is 30.3 Å². The fraction of sp³-hybridized carbons (Fsp3) is 0.385. The molecule has 1 rings (SSSR count). The van der Waals surface area contributed by atoms with E-state index in [-0.39, 0.29) is 12.8 Å². The van der Waals surface area contributed by atoms with E-state index in [1.807, 2.05) is 37.3 Å². The number of carbonyl (C=O) groups is 2. The van der Waals surface area contributed by atoms with Crippen LogP contribution in [-0.4, -0.2) is 29.6 Å². The predicted molar refractivity (Wildman–Crippen MR) is 70.4 cm³/mol. The van der Waals surface area contributed by atoms with Gasteiger partial charge in [-0.25, -0.2) is 9.86 Å². The molecule has 0 amide bonds. The SMILES string of the molecule is CCN(OC(=O)CC[C@H](N)C(=O)O)c1ccccc1. The van der Waals surface area contributed by atoms with Crippen LogP contribution in [0.1, 0.15) is 19.8 Å². The van der Waals surface area contributed by atoms with Crippen LogP contribution < -0.4 is 10.8 Å². The van der Waals surface area contributed by atoms with Gasteiger partial charge in [0.1, 0.15) is 6.04 Å². The molecule has 0 heterocycles. The third-order valence-corrected chi connectivity index (χ3v) is 2.52. The molecule has 0 spiro atoms. The number of carboxylic acid groups (broad SMARTS) is 1. The molecule has 104 valence electrons. The number of anilines is 1. The molecule has 0 aromatic heterocycles. The number of benzene rings is 1. The normalized spacial score (nSPS) is 11.7. The number of hydrogen-bond acceptors (Lipinski definition) is 5. The van der Waals surface area contributed by atoms with Crippen molar-refractivity contribution in [2.45, 2.75) is 25.8 Å². The van der Waals surface area contributed by atoms with Gasteiger partial charge in [0, 0.05) is 0 Å². The Kier molecular flexibility index (Phi) is 5.81. The second-order valence-corrected chi connectivity index (χ2v) is 3.98. The molecule has 1 aromatic rings. The van der Waals surface area contributed by atoms with Crippen molar-refractivity contribution in [2.24, 2.45) is 5.73 Å². The zero-order valence-corrected chi connectivity index (χ0v) is 10.8. The average molecular weight is 266 g/mol. The lowest BCUT2D eigenvalue weighted by atomic mass is 10.2. The maximum Gasteiger partial charge on any atom is 0.332 e. The van der Waals surface area contributed by atoms with Gasteiger partial charge in [0.25, 0.3) is 0 Å². The highest BCUT2D eigenvalue weighted by molar-refractivity contribution is 5.75. The number of aliphatic carboxylic acids is 1. The molecule has 0 saturated heterocycles. The topological polar surface area (TPSA) is 92.9 Å². The zero-order valence-electron chi connectivity index (χ0n) is 10.8. The summed E-state index contributed by atoms with van der Waals surface area (Å²) >= 11 is 0. The Morgan fingerprint density at radius 3 is 2.53 bits per heavy atom. The minimum Gasteiger partial charge on any atom is -0.480 e. The van der Waals surface area contributed by atoms with Crippen molar-refractivity contribution in [3.63, 3.8) is 0 Å². The lowest BCUT2D eigenvalue weighted by Gasteiger charge is -2.21. The molecule has 1 aromatic carbocycles. The Morgan fingerprint density at radius 1 is 1.37 bits per heavy atom. The summed E-state index contributed by atoms with van der Waals surface area (Å²) in [6.45, 7) is 2.35. The number of carbonyl (C=O) groups excluding carboxylic acids is 1. The molecule has 19 heavy (non-hydrogen) atoms. The highest BCUT2D eigenvalue weighted by Gasteiger charge is 2.16. The molecular weight excluding hydrogens is 248 g/mol. The molecule has 0 fully saturated rings. The Labute approximate surface area is 111 Å². The molecule has 0 saturated carbocycles. The van der Waals surface area contributed by atoms with Gasteiger partial charge in [-0.3, -0.25) is 4.79 Å². The van der Waals surface area contributed by atoms with Gasteiger partial charge in [-0.05, 0) is 25.5 Å². The van der Waals surface area contributed by atoms with Crippen molar-refractivity contribution in [1.29, 1.82) is 0 Å². The van der Waals surface area contributed by atoms with E-state index in [0.717, 1.165) is 5.69 Å². The zero-order chi connectivity index (χ0) is 14.3. The molecule has 0 radical (unpaired) electrons. The minimum atomic E-state index is -1.12. The summed E-state index contributed by atoms with van der Waals surface area (Å²) in [5.41, 5.74) is 6.08. The fourth-order valence-electron chi connectivity index (χ4n) is 1.46. The van der Waals surface area contributed by atoms with Crippen LogP contribution in [0, 0.1) is 0 Å². The molecule has 0 bridgehead atoms. The first-order chi connectivity index (χ1) is 9.04. The second kappa shape index (κ2) is 7.38. The summed E-state index contributed by atoms with van der Waals surface area (Å²) in [5.74, 6) is -1.62. The van der Waals surface area contributed by atoms with E-state index in [2.05, 4.69) is 0 Å². The Balaban J connectivity index is 2.48. The van der Waals surface area contributed by atoms with Crippen LogP contribution in [0.3, 0.4) is 0 Å². The van der Waals surface area contributed by atoms with Crippen LogP contribution in [0.4, 0.5) is 5.69 Å². The van der Waals surface area contributed by atoms with Crippen molar-refractivity contribution >= 4 is 17.6 Å². The molecule has 0 aliphatic heterocycles. The molecule has 6 nitrogen and oxygen atoms in total. The van der Waals surface area contributed by atoms with Gasteiger partial charge in [-0.15, -0.1) is 0 Å². The number of nitrogens with zero attached hydrogens (tertiary/aromatic N) is 1. The number of rotatable bonds is 7. The number of hydrogen-bond donors (Lipinski definition) is 2. The van der Waals surface area contributed by atoms with Gasteiger partial charge in [-0.2, -0.15) is 0 Å². The smallest absolute Gasteiger partial charge is 0.332 e. The largest absolute Gasteiger partial charge is 0.480 e. The first-order valence-electron chi connectivity index (χ1n) is 6.06. The number of carboxylic acids is 1. The van der Waals surface area contributed by atoms with E-state index in [9.17, 15) is 9.59 Å². The van der Waals surface area contributed by atoms with Crippen LogP contribution in [-0.2, 0) is 14.4 Å². The Hall–Kier alpha value is -2.08. The molecule has 3 N–H and O–H groups in total. The highest BCUT2D eigenvalue weighted by Crippen LogP contribution is 2.14. The van der Waals surface area contributed by atoms with Crippen molar-refractivity contribution < 1.29 is 19.5 Å². The summed E-state index contributed by atoms with van der Waals surface area (Å²) in [6, 6.07) is 8.14. The second-order valence-electron chi connectivity index (χ2n) is 3.98. The van der Waals surface area contributed by atoms with Crippen LogP contribution in [0.2, 0.25) is 0 Å². The monoisotopic (exact) mass is 266 g/mol. The quantitative estimate of drug-likeness (QED) is 0.719. The van der Waals surface area contributed by atoms with Gasteiger partial charge in [0.05, 0.1) is 18.7 Å². The fourth-order valence-corrected chi connectivity index (χ4v) is 1.46. The van der Waals surface area contributed by atoms with Crippen molar-refractivity contribution in [3.05, 3.63) is 30.3 Å². The van der Waals surface area contributed by atoms with Gasteiger partial charge in [0.15, 0.2) is 0 Å². The number of para-hydroxylation sites is 1. The van der Waals surface area contributed by atoms with E-state index in [1.54, 1.807) is 0 Å². The summed E-state index contributed by atoms with van der Waals surface area (Å²) in [7, 11) is 0. The standard InChI is InChI=1S/C13H18N2O4/c1-2-15(10-6-4-3-5-7-10)19-12(16)9-8-11(14)13(17)18/h3-7,11H,2,8-9,14H2,1H3,(H,17,18)/t11-/m0/s1. The third-order valence-electron chi connectivity index (χ3n) is 2.52.